The number of rotatable bonds is 6. The minimum absolute atomic E-state index is 0.162. The number of Topliss-reactive ketones (excluding diaryl/α,β-unsaturated/α-hetero) is 1. The molecule has 0 unspecified atom stereocenters. The SMILES string of the molecule is CC(C)=CCCC(C)=C(C(=O)O)C(=O)CN. The van der Waals surface area contributed by atoms with E-state index in [0.29, 0.717) is 12.0 Å². The van der Waals surface area contributed by atoms with Gasteiger partial charge in [0, 0.05) is 0 Å². The van der Waals surface area contributed by atoms with E-state index in [4.69, 9.17) is 10.8 Å². The maximum absolute atomic E-state index is 11.3. The number of aliphatic carboxylic acids is 1. The van der Waals surface area contributed by atoms with E-state index < -0.39 is 11.8 Å². The highest BCUT2D eigenvalue weighted by Gasteiger charge is 2.18. The van der Waals surface area contributed by atoms with Crippen LogP contribution in [0.1, 0.15) is 33.6 Å². The van der Waals surface area contributed by atoms with E-state index in [2.05, 4.69) is 0 Å². The van der Waals surface area contributed by atoms with Crippen LogP contribution in [0.3, 0.4) is 0 Å². The molecule has 0 aliphatic heterocycles. The Kier molecular flexibility index (Phi) is 6.34. The fourth-order valence-corrected chi connectivity index (χ4v) is 1.34. The molecule has 0 radical (unpaired) electrons. The molecule has 0 spiro atoms. The van der Waals surface area contributed by atoms with Gasteiger partial charge < -0.3 is 10.8 Å². The summed E-state index contributed by atoms with van der Waals surface area (Å²) in [5.41, 5.74) is 6.76. The highest BCUT2D eigenvalue weighted by Crippen LogP contribution is 2.13. The summed E-state index contributed by atoms with van der Waals surface area (Å²) in [6, 6.07) is 0. The van der Waals surface area contributed by atoms with Crippen molar-refractivity contribution in [1.29, 1.82) is 0 Å². The Balaban J connectivity index is 4.78. The summed E-state index contributed by atoms with van der Waals surface area (Å²) in [6.45, 7) is 5.35. The van der Waals surface area contributed by atoms with Crippen molar-refractivity contribution in [2.45, 2.75) is 33.6 Å². The van der Waals surface area contributed by atoms with Gasteiger partial charge in [0.15, 0.2) is 5.78 Å². The number of carbonyl (C=O) groups is 2. The molecule has 0 aromatic carbocycles. The number of hydrogen-bond acceptors (Lipinski definition) is 3. The summed E-state index contributed by atoms with van der Waals surface area (Å²) in [4.78, 5) is 22.2. The van der Waals surface area contributed by atoms with Crippen molar-refractivity contribution in [3.8, 4) is 0 Å². The zero-order valence-corrected chi connectivity index (χ0v) is 10.0. The predicted molar refractivity (Wildman–Crippen MR) is 63.1 cm³/mol. The number of carboxylic acids is 1. The van der Waals surface area contributed by atoms with Gasteiger partial charge in [0.25, 0.3) is 0 Å². The highest BCUT2D eigenvalue weighted by atomic mass is 16.4. The molecule has 16 heavy (non-hydrogen) atoms. The molecule has 4 heteroatoms. The van der Waals surface area contributed by atoms with Crippen LogP contribution in [0, 0.1) is 0 Å². The smallest absolute Gasteiger partial charge is 0.339 e. The molecule has 0 aliphatic rings. The summed E-state index contributed by atoms with van der Waals surface area (Å²) in [7, 11) is 0. The van der Waals surface area contributed by atoms with Crippen molar-refractivity contribution >= 4 is 11.8 Å². The van der Waals surface area contributed by atoms with E-state index in [-0.39, 0.29) is 12.1 Å². The predicted octanol–water partition coefficient (Wildman–Crippen LogP) is 1.66. The van der Waals surface area contributed by atoms with Crippen LogP contribution in [-0.2, 0) is 9.59 Å². The normalized spacial score (nSPS) is 11.8. The van der Waals surface area contributed by atoms with Gasteiger partial charge in [0.1, 0.15) is 5.57 Å². The topological polar surface area (TPSA) is 80.4 Å². The first-order chi connectivity index (χ1) is 7.40. The van der Waals surface area contributed by atoms with E-state index in [1.165, 1.54) is 5.57 Å². The molecule has 3 N–H and O–H groups in total. The molecule has 0 bridgehead atoms. The molecule has 0 aromatic heterocycles. The monoisotopic (exact) mass is 225 g/mol. The van der Waals surface area contributed by atoms with Crippen LogP contribution in [0.4, 0.5) is 0 Å². The largest absolute Gasteiger partial charge is 0.478 e. The number of nitrogens with two attached hydrogens (primary N) is 1. The average molecular weight is 225 g/mol. The second-order valence-corrected chi connectivity index (χ2v) is 3.91. The van der Waals surface area contributed by atoms with Crippen LogP contribution < -0.4 is 5.73 Å². The van der Waals surface area contributed by atoms with E-state index in [9.17, 15) is 9.59 Å². The van der Waals surface area contributed by atoms with Crippen LogP contribution in [0.5, 0.6) is 0 Å². The lowest BCUT2D eigenvalue weighted by atomic mass is 10.0. The van der Waals surface area contributed by atoms with Gasteiger partial charge in [-0.1, -0.05) is 17.2 Å². The standard InChI is InChI=1S/C12H19NO3/c1-8(2)5-4-6-9(3)11(12(15)16)10(14)7-13/h5H,4,6-7,13H2,1-3H3,(H,15,16). The number of allylic oxidation sites excluding steroid dienone is 3. The second-order valence-electron chi connectivity index (χ2n) is 3.91. The van der Waals surface area contributed by atoms with Gasteiger partial charge in [-0.05, 0) is 33.6 Å². The minimum atomic E-state index is -1.19. The third-order valence-electron chi connectivity index (χ3n) is 2.18. The van der Waals surface area contributed by atoms with Gasteiger partial charge in [0.2, 0.25) is 0 Å². The van der Waals surface area contributed by atoms with E-state index in [1.807, 2.05) is 19.9 Å². The highest BCUT2D eigenvalue weighted by molar-refractivity contribution is 6.17. The van der Waals surface area contributed by atoms with Crippen LogP contribution in [0.25, 0.3) is 0 Å². The Morgan fingerprint density at radius 3 is 2.19 bits per heavy atom. The zero-order chi connectivity index (χ0) is 12.7. The van der Waals surface area contributed by atoms with Crippen LogP contribution >= 0.6 is 0 Å². The van der Waals surface area contributed by atoms with Gasteiger partial charge in [-0.2, -0.15) is 0 Å². The summed E-state index contributed by atoms with van der Waals surface area (Å²) in [5, 5.41) is 8.90. The molecule has 90 valence electrons. The summed E-state index contributed by atoms with van der Waals surface area (Å²) >= 11 is 0. The molecular weight excluding hydrogens is 206 g/mol. The molecule has 4 nitrogen and oxygen atoms in total. The molecule has 0 heterocycles. The number of hydrogen-bond donors (Lipinski definition) is 2. The Hall–Kier alpha value is -1.42. The lowest BCUT2D eigenvalue weighted by Crippen LogP contribution is -2.22. The van der Waals surface area contributed by atoms with Gasteiger partial charge in [-0.25, -0.2) is 4.79 Å². The first-order valence-corrected chi connectivity index (χ1v) is 5.19. The summed E-state index contributed by atoms with van der Waals surface area (Å²) in [5.74, 6) is -1.70. The van der Waals surface area contributed by atoms with Gasteiger partial charge >= 0.3 is 5.97 Å². The van der Waals surface area contributed by atoms with Crippen LogP contribution in [0.2, 0.25) is 0 Å². The first kappa shape index (κ1) is 14.6. The number of carboxylic acid groups (broad SMARTS) is 1. The third kappa shape index (κ3) is 4.89. The molecular formula is C12H19NO3. The fraction of sp³-hybridized carbons (Fsp3) is 0.500. The molecule has 0 rings (SSSR count). The van der Waals surface area contributed by atoms with Gasteiger partial charge in [-0.3, -0.25) is 4.79 Å². The fourth-order valence-electron chi connectivity index (χ4n) is 1.34. The van der Waals surface area contributed by atoms with Crippen LogP contribution in [-0.4, -0.2) is 23.4 Å². The Labute approximate surface area is 95.8 Å². The Morgan fingerprint density at radius 1 is 1.25 bits per heavy atom. The van der Waals surface area contributed by atoms with Crippen molar-refractivity contribution in [2.24, 2.45) is 5.73 Å². The van der Waals surface area contributed by atoms with Crippen LogP contribution in [0.15, 0.2) is 22.8 Å². The first-order valence-electron chi connectivity index (χ1n) is 5.19. The number of carbonyl (C=O) groups excluding carboxylic acids is 1. The lowest BCUT2D eigenvalue weighted by Gasteiger charge is -2.05. The van der Waals surface area contributed by atoms with Crippen molar-refractivity contribution in [3.05, 3.63) is 22.8 Å². The molecule has 0 fully saturated rings. The van der Waals surface area contributed by atoms with E-state index >= 15 is 0 Å². The number of ketones is 1. The van der Waals surface area contributed by atoms with E-state index in [0.717, 1.165) is 6.42 Å². The van der Waals surface area contributed by atoms with Crippen molar-refractivity contribution in [3.63, 3.8) is 0 Å². The molecule has 0 aliphatic carbocycles. The maximum atomic E-state index is 11.3. The quantitative estimate of drug-likeness (QED) is 0.312. The summed E-state index contributed by atoms with van der Waals surface area (Å²) in [6.07, 6.45) is 3.32. The molecule has 0 saturated carbocycles. The molecule has 0 amide bonds. The molecule has 0 atom stereocenters. The van der Waals surface area contributed by atoms with Gasteiger partial charge in [0.05, 0.1) is 6.54 Å². The lowest BCUT2D eigenvalue weighted by molar-refractivity contribution is -0.134. The van der Waals surface area contributed by atoms with Crippen molar-refractivity contribution < 1.29 is 14.7 Å². The Morgan fingerprint density at radius 2 is 1.81 bits per heavy atom. The molecule has 0 aromatic rings. The zero-order valence-electron chi connectivity index (χ0n) is 10.0. The average Bonchev–Trinajstić information content (AvgIpc) is 2.16. The minimum Gasteiger partial charge on any atom is -0.478 e. The Bertz CT molecular complexity index is 336. The summed E-state index contributed by atoms with van der Waals surface area (Å²) < 4.78 is 0. The van der Waals surface area contributed by atoms with Gasteiger partial charge in [-0.15, -0.1) is 0 Å². The second kappa shape index (κ2) is 6.95. The van der Waals surface area contributed by atoms with Crippen molar-refractivity contribution in [1.82, 2.24) is 0 Å². The molecule has 0 saturated heterocycles. The van der Waals surface area contributed by atoms with Crippen molar-refractivity contribution in [2.75, 3.05) is 6.54 Å². The maximum Gasteiger partial charge on any atom is 0.339 e. The van der Waals surface area contributed by atoms with E-state index in [1.54, 1.807) is 6.92 Å². The third-order valence-corrected chi connectivity index (χ3v) is 2.18.